The zero-order valence-corrected chi connectivity index (χ0v) is 23.8. The van der Waals surface area contributed by atoms with Crippen LogP contribution in [0, 0.1) is 17.2 Å². The maximum Gasteiger partial charge on any atom is 0.459 e. The van der Waals surface area contributed by atoms with E-state index in [9.17, 15) is 19.7 Å². The Hall–Kier alpha value is -3.80. The van der Waals surface area contributed by atoms with Crippen LogP contribution >= 0.6 is 7.75 Å². The number of para-hydroxylation sites is 1. The molecule has 0 radical (unpaired) electrons. The van der Waals surface area contributed by atoms with E-state index >= 15 is 0 Å². The summed E-state index contributed by atoms with van der Waals surface area (Å²) in [6, 6.07) is 9.19. The molecule has 1 fully saturated rings. The summed E-state index contributed by atoms with van der Waals surface area (Å²) in [5, 5.41) is 23.4. The Morgan fingerprint density at radius 3 is 2.68 bits per heavy atom. The molecule has 4 N–H and O–H groups in total. The van der Waals surface area contributed by atoms with Gasteiger partial charge in [-0.05, 0) is 39.8 Å². The highest BCUT2D eigenvalue weighted by atomic mass is 31.2. The molecule has 0 unspecified atom stereocenters. The van der Waals surface area contributed by atoms with Gasteiger partial charge in [-0.3, -0.25) is 13.9 Å². The van der Waals surface area contributed by atoms with Crippen LogP contribution in [0.4, 0.5) is 5.95 Å². The molecule has 0 bridgehead atoms. The number of aromatic nitrogens is 4. The van der Waals surface area contributed by atoms with Crippen molar-refractivity contribution in [3.05, 3.63) is 36.7 Å². The van der Waals surface area contributed by atoms with E-state index in [1.165, 1.54) is 17.8 Å². The van der Waals surface area contributed by atoms with Gasteiger partial charge in [-0.15, -0.1) is 0 Å². The molecule has 41 heavy (non-hydrogen) atoms. The molecule has 0 saturated carbocycles. The SMILES string of the molecule is CCOc1nc(N)nc2c1ncn2[C@@H]1O[C@H](CO[P@](=O)(N[C@H](C)C(=O)OC(C)C)Oc2ccccc2)[C@@H](O)[C@H]1C#N. The fourth-order valence-electron chi connectivity index (χ4n) is 4.10. The number of carbonyl (C=O) groups excluding carboxylic acids is 1. The first-order valence-electron chi connectivity index (χ1n) is 12.9. The molecular weight excluding hydrogens is 557 g/mol. The van der Waals surface area contributed by atoms with Gasteiger partial charge in [-0.2, -0.15) is 20.3 Å². The lowest BCUT2D eigenvalue weighted by molar-refractivity contribution is -0.149. The third-order valence-electron chi connectivity index (χ3n) is 5.92. The smallest absolute Gasteiger partial charge is 0.459 e. The van der Waals surface area contributed by atoms with E-state index in [1.54, 1.807) is 51.1 Å². The number of aliphatic hydroxyl groups is 1. The van der Waals surface area contributed by atoms with Crippen LogP contribution in [0.5, 0.6) is 11.6 Å². The Balaban J connectivity index is 1.56. The predicted octanol–water partition coefficient (Wildman–Crippen LogP) is 2.34. The molecule has 4 rings (SSSR count). The molecule has 3 heterocycles. The van der Waals surface area contributed by atoms with Gasteiger partial charge in [0.05, 0.1) is 31.7 Å². The van der Waals surface area contributed by atoms with Gasteiger partial charge < -0.3 is 29.6 Å². The summed E-state index contributed by atoms with van der Waals surface area (Å²) in [6.07, 6.45) is -2.56. The predicted molar refractivity (Wildman–Crippen MR) is 144 cm³/mol. The number of imidazole rings is 1. The summed E-state index contributed by atoms with van der Waals surface area (Å²) in [4.78, 5) is 24.9. The normalized spacial score (nSPS) is 22.7. The minimum absolute atomic E-state index is 0.0789. The number of aliphatic hydroxyl groups excluding tert-OH is 1. The summed E-state index contributed by atoms with van der Waals surface area (Å²) in [5.41, 5.74) is 6.37. The molecule has 1 aliphatic rings. The zero-order chi connectivity index (χ0) is 29.7. The number of nitrogens with one attached hydrogen (secondary N) is 1. The van der Waals surface area contributed by atoms with Crippen LogP contribution in [0.3, 0.4) is 0 Å². The molecule has 2 aromatic heterocycles. The van der Waals surface area contributed by atoms with Crippen molar-refractivity contribution >= 4 is 30.8 Å². The van der Waals surface area contributed by atoms with Crippen molar-refractivity contribution in [3.63, 3.8) is 0 Å². The number of hydrogen-bond donors (Lipinski definition) is 3. The van der Waals surface area contributed by atoms with E-state index in [0.29, 0.717) is 12.1 Å². The van der Waals surface area contributed by atoms with Gasteiger partial charge in [-0.1, -0.05) is 18.2 Å². The van der Waals surface area contributed by atoms with Gasteiger partial charge in [0.2, 0.25) is 11.8 Å². The molecule has 1 saturated heterocycles. The van der Waals surface area contributed by atoms with Gasteiger partial charge in [0.1, 0.15) is 29.9 Å². The van der Waals surface area contributed by atoms with Crippen LogP contribution in [-0.2, 0) is 23.4 Å². The van der Waals surface area contributed by atoms with E-state index in [1.807, 2.05) is 6.07 Å². The Labute approximate surface area is 236 Å². The molecule has 0 amide bonds. The van der Waals surface area contributed by atoms with Crippen molar-refractivity contribution in [1.82, 2.24) is 24.6 Å². The standard InChI is InChI=1S/C25H32N7O8P/c1-5-36-22-19-21(29-25(27)30-22)32(13-28-19)23-17(11-26)20(33)18(39-23)12-37-41(35,40-16-9-7-6-8-10-16)31-15(4)24(34)38-14(2)3/h6-10,13-15,17-18,20,23,33H,5,12H2,1-4H3,(H,31,35)(H2,27,29,30)/t15-,17-,18-,20+,23-,41-/m1/s1. The van der Waals surface area contributed by atoms with Crippen molar-refractivity contribution in [1.29, 1.82) is 5.26 Å². The monoisotopic (exact) mass is 589 g/mol. The summed E-state index contributed by atoms with van der Waals surface area (Å²) >= 11 is 0. The first-order valence-corrected chi connectivity index (χ1v) is 14.4. The number of rotatable bonds is 12. The number of fused-ring (bicyclic) bond motifs is 1. The second-order valence-corrected chi connectivity index (χ2v) is 11.1. The molecule has 6 atom stereocenters. The van der Waals surface area contributed by atoms with E-state index in [0.717, 1.165) is 0 Å². The Morgan fingerprint density at radius 1 is 1.29 bits per heavy atom. The number of esters is 1. The lowest BCUT2D eigenvalue weighted by Crippen LogP contribution is -2.37. The van der Waals surface area contributed by atoms with Crippen molar-refractivity contribution in [3.8, 4) is 17.7 Å². The van der Waals surface area contributed by atoms with E-state index in [4.69, 9.17) is 29.0 Å². The molecular formula is C25H32N7O8P. The van der Waals surface area contributed by atoms with Crippen LogP contribution in [0.15, 0.2) is 36.7 Å². The van der Waals surface area contributed by atoms with Crippen LogP contribution in [-0.4, -0.2) is 68.2 Å². The molecule has 16 heteroatoms. The molecule has 0 spiro atoms. The fraction of sp³-hybridized carbons (Fsp3) is 0.480. The van der Waals surface area contributed by atoms with Crippen molar-refractivity contribution in [2.24, 2.45) is 5.92 Å². The van der Waals surface area contributed by atoms with Gasteiger partial charge >= 0.3 is 13.7 Å². The number of ether oxygens (including phenoxy) is 3. The molecule has 15 nitrogen and oxygen atoms in total. The summed E-state index contributed by atoms with van der Waals surface area (Å²) in [6.45, 7) is 6.44. The second kappa shape index (κ2) is 12.8. The fourth-order valence-corrected chi connectivity index (χ4v) is 5.60. The number of anilines is 1. The maximum atomic E-state index is 13.8. The first kappa shape index (κ1) is 30.2. The van der Waals surface area contributed by atoms with Crippen LogP contribution < -0.4 is 20.1 Å². The maximum absolute atomic E-state index is 13.8. The number of nitrogen functional groups attached to an aromatic ring is 1. The Morgan fingerprint density at radius 2 is 2.02 bits per heavy atom. The van der Waals surface area contributed by atoms with Crippen LogP contribution in [0.1, 0.15) is 33.9 Å². The van der Waals surface area contributed by atoms with Crippen LogP contribution in [0.2, 0.25) is 0 Å². The largest absolute Gasteiger partial charge is 0.476 e. The molecule has 0 aliphatic carbocycles. The van der Waals surface area contributed by atoms with Crippen molar-refractivity contribution in [2.75, 3.05) is 18.9 Å². The highest BCUT2D eigenvalue weighted by molar-refractivity contribution is 7.52. The number of hydrogen-bond acceptors (Lipinski definition) is 13. The molecule has 220 valence electrons. The number of nitrogens with two attached hydrogens (primary N) is 1. The highest BCUT2D eigenvalue weighted by Gasteiger charge is 2.47. The number of nitriles is 1. The third-order valence-corrected chi connectivity index (χ3v) is 7.56. The average molecular weight is 590 g/mol. The van der Waals surface area contributed by atoms with Crippen molar-refractivity contribution < 1.29 is 37.7 Å². The number of nitrogens with zero attached hydrogens (tertiary/aromatic N) is 5. The molecule has 3 aromatic rings. The molecule has 1 aliphatic heterocycles. The van der Waals surface area contributed by atoms with Gasteiger partial charge in [0.15, 0.2) is 17.4 Å². The van der Waals surface area contributed by atoms with Gasteiger partial charge in [0.25, 0.3) is 0 Å². The minimum Gasteiger partial charge on any atom is -0.476 e. The Kier molecular flexibility index (Phi) is 9.42. The van der Waals surface area contributed by atoms with E-state index in [2.05, 4.69) is 20.0 Å². The summed E-state index contributed by atoms with van der Waals surface area (Å²) in [7, 11) is -4.24. The highest BCUT2D eigenvalue weighted by Crippen LogP contribution is 2.46. The summed E-state index contributed by atoms with van der Waals surface area (Å²) in [5.74, 6) is -1.46. The zero-order valence-electron chi connectivity index (χ0n) is 22.9. The quantitative estimate of drug-likeness (QED) is 0.205. The topological polar surface area (TPSA) is 206 Å². The Bertz CT molecular complexity index is 1450. The summed E-state index contributed by atoms with van der Waals surface area (Å²) < 4.78 is 43.2. The lowest BCUT2D eigenvalue weighted by atomic mass is 10.0. The lowest BCUT2D eigenvalue weighted by Gasteiger charge is -2.25. The van der Waals surface area contributed by atoms with Crippen molar-refractivity contribution in [2.45, 2.75) is 58.3 Å². The van der Waals surface area contributed by atoms with Crippen LogP contribution in [0.25, 0.3) is 11.2 Å². The van der Waals surface area contributed by atoms with Gasteiger partial charge in [-0.25, -0.2) is 9.55 Å². The second-order valence-electron chi connectivity index (χ2n) is 9.39. The average Bonchev–Trinajstić information content (AvgIpc) is 3.47. The third kappa shape index (κ3) is 6.92. The number of carbonyl (C=O) groups is 1. The minimum atomic E-state index is -4.24. The first-order chi connectivity index (χ1) is 19.5. The van der Waals surface area contributed by atoms with E-state index in [-0.39, 0.29) is 23.2 Å². The van der Waals surface area contributed by atoms with Gasteiger partial charge in [0, 0.05) is 0 Å². The van der Waals surface area contributed by atoms with E-state index < -0.39 is 56.8 Å². The number of benzene rings is 1. The molecule has 1 aromatic carbocycles.